The van der Waals surface area contributed by atoms with E-state index in [1.807, 2.05) is 13.8 Å². The lowest BCUT2D eigenvalue weighted by Gasteiger charge is -2.29. The van der Waals surface area contributed by atoms with Gasteiger partial charge in [-0.3, -0.25) is 4.79 Å². The van der Waals surface area contributed by atoms with Gasteiger partial charge in [-0.2, -0.15) is 0 Å². The van der Waals surface area contributed by atoms with Gasteiger partial charge >= 0.3 is 0 Å². The molecule has 1 rings (SSSR count). The van der Waals surface area contributed by atoms with Crippen LogP contribution in [0.25, 0.3) is 0 Å². The Morgan fingerprint density at radius 2 is 2.00 bits per heavy atom. The summed E-state index contributed by atoms with van der Waals surface area (Å²) in [6.45, 7) is 3.68. The van der Waals surface area contributed by atoms with E-state index < -0.39 is 21.3 Å². The van der Waals surface area contributed by atoms with Crippen LogP contribution in [-0.4, -0.2) is 37.8 Å². The van der Waals surface area contributed by atoms with Gasteiger partial charge in [-0.05, 0) is 38.0 Å². The second kappa shape index (κ2) is 6.44. The molecule has 6 nitrogen and oxygen atoms in total. The number of rotatable bonds is 6. The van der Waals surface area contributed by atoms with E-state index in [1.165, 1.54) is 18.2 Å². The third kappa shape index (κ3) is 4.71. The first-order chi connectivity index (χ1) is 9.61. The minimum absolute atomic E-state index is 0.00742. The number of carbonyl (C=O) groups excluding carboxylic acids is 1. The van der Waals surface area contributed by atoms with E-state index in [4.69, 9.17) is 10.8 Å². The second-order valence-electron chi connectivity index (χ2n) is 5.40. The number of sulfone groups is 1. The Bertz CT molecular complexity index is 628. The predicted octanol–water partition coefficient (Wildman–Crippen LogP) is 0.953. The monoisotopic (exact) mass is 314 g/mol. The maximum atomic E-state index is 12.3. The molecule has 0 heterocycles. The number of nitrogen functional groups attached to an aromatic ring is 1. The number of amides is 1. The molecule has 0 radical (unpaired) electrons. The molecule has 0 spiro atoms. The molecule has 1 amide bonds. The fourth-order valence-electron chi connectivity index (χ4n) is 1.89. The summed E-state index contributed by atoms with van der Waals surface area (Å²) in [5, 5.41) is 11.9. The van der Waals surface area contributed by atoms with Crippen LogP contribution < -0.4 is 11.1 Å². The highest BCUT2D eigenvalue weighted by Gasteiger charge is 2.25. The van der Waals surface area contributed by atoms with Gasteiger partial charge in [-0.1, -0.05) is 6.92 Å². The van der Waals surface area contributed by atoms with Crippen molar-refractivity contribution in [1.29, 1.82) is 0 Å². The number of anilines is 1. The molecule has 0 aromatic heterocycles. The summed E-state index contributed by atoms with van der Waals surface area (Å²) in [4.78, 5) is 12.3. The third-order valence-electron chi connectivity index (χ3n) is 3.48. The summed E-state index contributed by atoms with van der Waals surface area (Å²) in [7, 11) is -3.44. The van der Waals surface area contributed by atoms with E-state index in [2.05, 4.69) is 5.32 Å². The molecule has 1 aromatic rings. The van der Waals surface area contributed by atoms with E-state index >= 15 is 0 Å². The summed E-state index contributed by atoms with van der Waals surface area (Å²) in [5.74, 6) is -0.412. The van der Waals surface area contributed by atoms with E-state index in [1.54, 1.807) is 0 Å². The molecule has 0 aliphatic heterocycles. The van der Waals surface area contributed by atoms with Gasteiger partial charge in [0.25, 0.3) is 5.91 Å². The number of aliphatic hydroxyl groups excluding tert-OH is 1. The van der Waals surface area contributed by atoms with Crippen molar-refractivity contribution in [2.75, 3.05) is 18.6 Å². The first kappa shape index (κ1) is 17.5. The van der Waals surface area contributed by atoms with E-state index in [0.717, 1.165) is 6.26 Å². The molecule has 0 aliphatic rings. The molecule has 7 heteroatoms. The van der Waals surface area contributed by atoms with Crippen LogP contribution in [0.5, 0.6) is 0 Å². The van der Waals surface area contributed by atoms with Gasteiger partial charge in [-0.15, -0.1) is 0 Å². The van der Waals surface area contributed by atoms with Crippen LogP contribution in [0.1, 0.15) is 37.0 Å². The molecule has 0 fully saturated rings. The summed E-state index contributed by atoms with van der Waals surface area (Å²) < 4.78 is 23.2. The van der Waals surface area contributed by atoms with Crippen LogP contribution in [0.3, 0.4) is 0 Å². The lowest BCUT2D eigenvalue weighted by molar-refractivity contribution is 0.0886. The third-order valence-corrected chi connectivity index (χ3v) is 4.57. The average molecular weight is 314 g/mol. The Morgan fingerprint density at radius 1 is 1.38 bits per heavy atom. The van der Waals surface area contributed by atoms with Crippen molar-refractivity contribution >= 4 is 21.4 Å². The molecular weight excluding hydrogens is 292 g/mol. The molecule has 0 aliphatic carbocycles. The quantitative estimate of drug-likeness (QED) is 0.677. The molecule has 21 heavy (non-hydrogen) atoms. The Labute approximate surface area is 125 Å². The maximum absolute atomic E-state index is 12.3. The fraction of sp³-hybridized carbons (Fsp3) is 0.500. The number of nitrogens with one attached hydrogen (secondary N) is 1. The number of benzene rings is 1. The van der Waals surface area contributed by atoms with Gasteiger partial charge in [0.05, 0.1) is 4.90 Å². The number of aliphatic hydroxyl groups is 1. The van der Waals surface area contributed by atoms with Gasteiger partial charge in [0.2, 0.25) is 0 Å². The summed E-state index contributed by atoms with van der Waals surface area (Å²) in [6, 6.07) is 4.05. The molecular formula is C14H22N2O4S. The van der Waals surface area contributed by atoms with Gasteiger partial charge < -0.3 is 16.2 Å². The number of hydrogen-bond acceptors (Lipinski definition) is 5. The number of carbonyl (C=O) groups is 1. The van der Waals surface area contributed by atoms with Crippen molar-refractivity contribution in [3.05, 3.63) is 23.8 Å². The minimum atomic E-state index is -3.44. The molecule has 1 atom stereocenters. The van der Waals surface area contributed by atoms with E-state index in [0.29, 0.717) is 12.8 Å². The first-order valence-electron chi connectivity index (χ1n) is 6.65. The van der Waals surface area contributed by atoms with Crippen LogP contribution >= 0.6 is 0 Å². The highest BCUT2D eigenvalue weighted by molar-refractivity contribution is 7.90. The highest BCUT2D eigenvalue weighted by atomic mass is 32.2. The molecule has 0 bridgehead atoms. The van der Waals surface area contributed by atoms with Gasteiger partial charge in [-0.25, -0.2) is 8.42 Å². The summed E-state index contributed by atoms with van der Waals surface area (Å²) in [6.07, 6.45) is 2.11. The highest BCUT2D eigenvalue weighted by Crippen LogP contribution is 2.19. The first-order valence-corrected chi connectivity index (χ1v) is 8.54. The molecule has 118 valence electrons. The standard InChI is InChI=1S/C14H22N2O4S/c1-4-14(2,5-6-17)16-13(18)10-7-11(15)9-12(8-10)21(3,19)20/h7-9,17H,4-6,15H2,1-3H3,(H,16,18). The van der Waals surface area contributed by atoms with Crippen molar-refractivity contribution in [2.45, 2.75) is 37.1 Å². The lowest BCUT2D eigenvalue weighted by Crippen LogP contribution is -2.46. The molecule has 1 unspecified atom stereocenters. The summed E-state index contributed by atoms with van der Waals surface area (Å²) >= 11 is 0. The molecule has 0 saturated carbocycles. The van der Waals surface area contributed by atoms with Crippen molar-refractivity contribution in [3.63, 3.8) is 0 Å². The Hall–Kier alpha value is -1.60. The SMILES string of the molecule is CCC(C)(CCO)NC(=O)c1cc(N)cc(S(C)(=O)=O)c1. The van der Waals surface area contributed by atoms with E-state index in [9.17, 15) is 13.2 Å². The molecule has 0 saturated heterocycles. The van der Waals surface area contributed by atoms with Crippen molar-refractivity contribution in [3.8, 4) is 0 Å². The Balaban J connectivity index is 3.11. The summed E-state index contributed by atoms with van der Waals surface area (Å²) in [5.41, 5.74) is 5.51. The zero-order valence-corrected chi connectivity index (χ0v) is 13.3. The number of hydrogen-bond donors (Lipinski definition) is 3. The van der Waals surface area contributed by atoms with Crippen LogP contribution in [-0.2, 0) is 9.84 Å². The van der Waals surface area contributed by atoms with Gasteiger partial charge in [0.15, 0.2) is 9.84 Å². The maximum Gasteiger partial charge on any atom is 0.251 e. The van der Waals surface area contributed by atoms with E-state index in [-0.39, 0.29) is 22.8 Å². The lowest BCUT2D eigenvalue weighted by atomic mass is 9.94. The largest absolute Gasteiger partial charge is 0.399 e. The normalized spacial score (nSPS) is 14.5. The van der Waals surface area contributed by atoms with Crippen LogP contribution in [0.4, 0.5) is 5.69 Å². The average Bonchev–Trinajstić information content (AvgIpc) is 2.37. The van der Waals surface area contributed by atoms with Crippen LogP contribution in [0.2, 0.25) is 0 Å². The van der Waals surface area contributed by atoms with Crippen molar-refractivity contribution in [1.82, 2.24) is 5.32 Å². The Morgan fingerprint density at radius 3 is 2.48 bits per heavy atom. The predicted molar refractivity (Wildman–Crippen MR) is 81.8 cm³/mol. The zero-order valence-electron chi connectivity index (χ0n) is 12.5. The Kier molecular flexibility index (Phi) is 5.36. The molecule has 1 aromatic carbocycles. The van der Waals surface area contributed by atoms with Crippen molar-refractivity contribution < 1.29 is 18.3 Å². The van der Waals surface area contributed by atoms with Crippen molar-refractivity contribution in [2.24, 2.45) is 0 Å². The fourth-order valence-corrected chi connectivity index (χ4v) is 2.58. The zero-order chi connectivity index (χ0) is 16.3. The smallest absolute Gasteiger partial charge is 0.251 e. The second-order valence-corrected chi connectivity index (χ2v) is 7.42. The number of nitrogens with two attached hydrogens (primary N) is 1. The van der Waals surface area contributed by atoms with Gasteiger partial charge in [0.1, 0.15) is 0 Å². The molecule has 4 N–H and O–H groups in total. The van der Waals surface area contributed by atoms with Crippen LogP contribution in [0, 0.1) is 0 Å². The van der Waals surface area contributed by atoms with Crippen LogP contribution in [0.15, 0.2) is 23.1 Å². The topological polar surface area (TPSA) is 109 Å². The van der Waals surface area contributed by atoms with Gasteiger partial charge in [0, 0.05) is 29.7 Å². The minimum Gasteiger partial charge on any atom is -0.399 e.